The van der Waals surface area contributed by atoms with Crippen molar-refractivity contribution in [3.63, 3.8) is 0 Å². The molecule has 0 radical (unpaired) electrons. The fourth-order valence-corrected chi connectivity index (χ4v) is 2.69. The van der Waals surface area contributed by atoms with Crippen LogP contribution in [0.3, 0.4) is 0 Å². The maximum absolute atomic E-state index is 11.8. The molecule has 17 heavy (non-hydrogen) atoms. The number of hydrogen-bond donors (Lipinski definition) is 0. The van der Waals surface area contributed by atoms with Crippen LogP contribution in [0.4, 0.5) is 0 Å². The molecule has 0 aromatic carbocycles. The first-order valence-electron chi connectivity index (χ1n) is 6.59. The maximum Gasteiger partial charge on any atom is 0.136 e. The number of Topliss-reactive ketones (excluding diaryl/α,β-unsaturated/α-hetero) is 2. The summed E-state index contributed by atoms with van der Waals surface area (Å²) in [7, 11) is 0. The number of rotatable bonds is 6. The molecule has 1 aliphatic carbocycles. The SMILES string of the molecule is C=C(C)[C@H](CCC(C)=O)C[C@H]1C(=O)CC[C@@H]1C. The van der Waals surface area contributed by atoms with Crippen LogP contribution >= 0.6 is 0 Å². The second-order valence-electron chi connectivity index (χ2n) is 5.61. The monoisotopic (exact) mass is 236 g/mol. The first-order chi connectivity index (χ1) is 7.91. The fraction of sp³-hybridized carbons (Fsp3) is 0.733. The fourth-order valence-electron chi connectivity index (χ4n) is 2.69. The summed E-state index contributed by atoms with van der Waals surface area (Å²) in [5.74, 6) is 1.66. The number of carbonyl (C=O) groups excluding carboxylic acids is 2. The summed E-state index contributed by atoms with van der Waals surface area (Å²) in [6.45, 7) is 9.80. The van der Waals surface area contributed by atoms with Gasteiger partial charge in [0.15, 0.2) is 0 Å². The molecule has 2 heteroatoms. The predicted molar refractivity (Wildman–Crippen MR) is 69.7 cm³/mol. The molecule has 1 saturated carbocycles. The lowest BCUT2D eigenvalue weighted by molar-refractivity contribution is -0.121. The largest absolute Gasteiger partial charge is 0.300 e. The highest BCUT2D eigenvalue weighted by Crippen LogP contribution is 2.35. The van der Waals surface area contributed by atoms with Gasteiger partial charge in [-0.2, -0.15) is 0 Å². The lowest BCUT2D eigenvalue weighted by Crippen LogP contribution is -2.18. The molecular formula is C15H24O2. The highest BCUT2D eigenvalue weighted by atomic mass is 16.1. The Hall–Kier alpha value is -0.920. The topological polar surface area (TPSA) is 34.1 Å². The lowest BCUT2D eigenvalue weighted by Gasteiger charge is -2.22. The molecule has 96 valence electrons. The van der Waals surface area contributed by atoms with E-state index >= 15 is 0 Å². The molecular weight excluding hydrogens is 212 g/mol. The van der Waals surface area contributed by atoms with Crippen molar-refractivity contribution in [1.29, 1.82) is 0 Å². The maximum atomic E-state index is 11.8. The van der Waals surface area contributed by atoms with Crippen molar-refractivity contribution in [3.05, 3.63) is 12.2 Å². The van der Waals surface area contributed by atoms with Gasteiger partial charge in [-0.1, -0.05) is 19.1 Å². The minimum absolute atomic E-state index is 0.198. The molecule has 1 rings (SSSR count). The van der Waals surface area contributed by atoms with Crippen LogP contribution in [0.15, 0.2) is 12.2 Å². The zero-order valence-electron chi connectivity index (χ0n) is 11.3. The Bertz CT molecular complexity index is 317. The summed E-state index contributed by atoms with van der Waals surface area (Å²) in [6, 6.07) is 0. The van der Waals surface area contributed by atoms with Crippen LogP contribution in [0, 0.1) is 17.8 Å². The van der Waals surface area contributed by atoms with E-state index in [9.17, 15) is 9.59 Å². The van der Waals surface area contributed by atoms with Crippen molar-refractivity contribution in [1.82, 2.24) is 0 Å². The number of ketones is 2. The molecule has 2 nitrogen and oxygen atoms in total. The van der Waals surface area contributed by atoms with Gasteiger partial charge in [-0.3, -0.25) is 4.79 Å². The molecule has 0 spiro atoms. The molecule has 0 aliphatic heterocycles. The first kappa shape index (κ1) is 14.1. The van der Waals surface area contributed by atoms with Crippen molar-refractivity contribution in [2.45, 2.75) is 52.9 Å². The van der Waals surface area contributed by atoms with E-state index in [-0.39, 0.29) is 11.7 Å². The van der Waals surface area contributed by atoms with E-state index in [2.05, 4.69) is 13.5 Å². The predicted octanol–water partition coefficient (Wildman–Crippen LogP) is 3.55. The van der Waals surface area contributed by atoms with Gasteiger partial charge in [-0.25, -0.2) is 0 Å². The second kappa shape index (κ2) is 6.13. The van der Waals surface area contributed by atoms with Gasteiger partial charge in [0.1, 0.15) is 11.6 Å². The van der Waals surface area contributed by atoms with Gasteiger partial charge in [0.05, 0.1) is 0 Å². The lowest BCUT2D eigenvalue weighted by atomic mass is 9.82. The Balaban J connectivity index is 2.57. The summed E-state index contributed by atoms with van der Waals surface area (Å²) in [5, 5.41) is 0. The minimum Gasteiger partial charge on any atom is -0.300 e. The summed E-state index contributed by atoms with van der Waals surface area (Å²) in [6.07, 6.45) is 4.11. The zero-order valence-corrected chi connectivity index (χ0v) is 11.3. The third-order valence-corrected chi connectivity index (χ3v) is 4.03. The Labute approximate surface area is 104 Å². The highest BCUT2D eigenvalue weighted by molar-refractivity contribution is 5.83. The first-order valence-corrected chi connectivity index (χ1v) is 6.59. The van der Waals surface area contributed by atoms with Crippen LogP contribution in [-0.4, -0.2) is 11.6 Å². The van der Waals surface area contributed by atoms with Gasteiger partial charge in [0, 0.05) is 18.8 Å². The highest BCUT2D eigenvalue weighted by Gasteiger charge is 2.33. The Morgan fingerprint density at radius 3 is 2.53 bits per heavy atom. The Morgan fingerprint density at radius 2 is 2.12 bits per heavy atom. The quantitative estimate of drug-likeness (QED) is 0.661. The van der Waals surface area contributed by atoms with Gasteiger partial charge < -0.3 is 4.79 Å². The molecule has 0 N–H and O–H groups in total. The molecule has 0 heterocycles. The molecule has 3 atom stereocenters. The van der Waals surface area contributed by atoms with Gasteiger partial charge in [-0.15, -0.1) is 0 Å². The van der Waals surface area contributed by atoms with E-state index in [4.69, 9.17) is 0 Å². The van der Waals surface area contributed by atoms with E-state index in [0.29, 0.717) is 24.0 Å². The molecule has 0 saturated heterocycles. The zero-order chi connectivity index (χ0) is 13.0. The van der Waals surface area contributed by atoms with E-state index in [1.54, 1.807) is 6.92 Å². The van der Waals surface area contributed by atoms with Crippen LogP contribution in [0.2, 0.25) is 0 Å². The average molecular weight is 236 g/mol. The summed E-state index contributed by atoms with van der Waals surface area (Å²) in [4.78, 5) is 22.8. The van der Waals surface area contributed by atoms with Crippen LogP contribution in [0.5, 0.6) is 0 Å². The summed E-state index contributed by atoms with van der Waals surface area (Å²) in [5.41, 5.74) is 1.11. The summed E-state index contributed by atoms with van der Waals surface area (Å²) >= 11 is 0. The molecule has 0 aromatic heterocycles. The van der Waals surface area contributed by atoms with Crippen LogP contribution in [0.25, 0.3) is 0 Å². The van der Waals surface area contributed by atoms with E-state index in [1.165, 1.54) is 0 Å². The normalized spacial score (nSPS) is 25.9. The second-order valence-corrected chi connectivity index (χ2v) is 5.61. The van der Waals surface area contributed by atoms with Crippen LogP contribution in [-0.2, 0) is 9.59 Å². The van der Waals surface area contributed by atoms with E-state index in [0.717, 1.165) is 31.3 Å². The number of carbonyl (C=O) groups is 2. The Kier molecular flexibility index (Phi) is 5.10. The van der Waals surface area contributed by atoms with Gasteiger partial charge in [-0.05, 0) is 44.9 Å². The number of allylic oxidation sites excluding steroid dienone is 1. The molecule has 1 aliphatic rings. The van der Waals surface area contributed by atoms with Gasteiger partial charge >= 0.3 is 0 Å². The molecule has 0 bridgehead atoms. The van der Waals surface area contributed by atoms with Crippen molar-refractivity contribution < 1.29 is 9.59 Å². The van der Waals surface area contributed by atoms with E-state index < -0.39 is 0 Å². The van der Waals surface area contributed by atoms with Crippen molar-refractivity contribution in [2.24, 2.45) is 17.8 Å². The molecule has 0 aromatic rings. The van der Waals surface area contributed by atoms with Crippen molar-refractivity contribution in [2.75, 3.05) is 0 Å². The average Bonchev–Trinajstić information content (AvgIpc) is 2.53. The standard InChI is InChI=1S/C15H24O2/c1-10(2)13(7-6-12(4)16)9-14-11(3)5-8-15(14)17/h11,13-14H,1,5-9H2,2-4H3/t11-,13+,14+/m0/s1. The van der Waals surface area contributed by atoms with Gasteiger partial charge in [0.2, 0.25) is 0 Å². The Morgan fingerprint density at radius 1 is 1.47 bits per heavy atom. The smallest absolute Gasteiger partial charge is 0.136 e. The third-order valence-electron chi connectivity index (χ3n) is 4.03. The minimum atomic E-state index is 0.198. The van der Waals surface area contributed by atoms with Crippen molar-refractivity contribution >= 4 is 11.6 Å². The van der Waals surface area contributed by atoms with Crippen molar-refractivity contribution in [3.8, 4) is 0 Å². The van der Waals surface area contributed by atoms with Gasteiger partial charge in [0.25, 0.3) is 0 Å². The molecule has 1 fully saturated rings. The third kappa shape index (κ3) is 4.10. The van der Waals surface area contributed by atoms with Crippen LogP contribution < -0.4 is 0 Å². The van der Waals surface area contributed by atoms with Crippen LogP contribution in [0.1, 0.15) is 52.9 Å². The molecule has 0 unspecified atom stereocenters. The molecule has 0 amide bonds. The number of hydrogen-bond acceptors (Lipinski definition) is 2. The summed E-state index contributed by atoms with van der Waals surface area (Å²) < 4.78 is 0. The van der Waals surface area contributed by atoms with E-state index in [1.807, 2.05) is 6.92 Å².